The van der Waals surface area contributed by atoms with Crippen molar-refractivity contribution < 1.29 is 5.11 Å². The second-order valence-electron chi connectivity index (χ2n) is 5.32. The number of nitrogens with two attached hydrogens (primary N) is 2. The molecule has 1 aromatic carbocycles. The Morgan fingerprint density at radius 3 is 2.70 bits per heavy atom. The number of nitrogen functional groups attached to an aromatic ring is 1. The topological polar surface area (TPSA) is 110 Å². The number of aliphatic hydroxyl groups is 1. The molecular formula is C17H19N5O. The first-order valence-electron chi connectivity index (χ1n) is 7.41. The van der Waals surface area contributed by atoms with Crippen molar-refractivity contribution in [2.45, 2.75) is 6.10 Å². The van der Waals surface area contributed by atoms with Gasteiger partial charge in [0.1, 0.15) is 5.82 Å². The fourth-order valence-corrected chi connectivity index (χ4v) is 2.31. The summed E-state index contributed by atoms with van der Waals surface area (Å²) in [5.74, 6) is 0.676. The van der Waals surface area contributed by atoms with Gasteiger partial charge in [-0.2, -0.15) is 0 Å². The lowest BCUT2D eigenvalue weighted by Gasteiger charge is -2.13. The Balaban J connectivity index is 2.04. The van der Waals surface area contributed by atoms with Gasteiger partial charge in [-0.15, -0.1) is 0 Å². The van der Waals surface area contributed by atoms with Gasteiger partial charge in [-0.25, -0.2) is 4.98 Å². The number of hydrogen-bond donors (Lipinski definition) is 4. The molecule has 0 radical (unpaired) electrons. The van der Waals surface area contributed by atoms with Crippen LogP contribution in [0.5, 0.6) is 0 Å². The van der Waals surface area contributed by atoms with Gasteiger partial charge in [-0.05, 0) is 30.3 Å². The smallest absolute Gasteiger partial charge is 0.136 e. The zero-order valence-corrected chi connectivity index (χ0v) is 12.6. The normalized spacial score (nSPS) is 12.3. The third kappa shape index (κ3) is 3.39. The summed E-state index contributed by atoms with van der Waals surface area (Å²) in [4.78, 5) is 9.06. The van der Waals surface area contributed by atoms with Crippen LogP contribution in [-0.4, -0.2) is 34.3 Å². The number of benzene rings is 1. The van der Waals surface area contributed by atoms with Crippen LogP contribution in [0.2, 0.25) is 0 Å². The molecule has 1 unspecified atom stereocenters. The molecule has 0 aliphatic rings. The third-order valence-electron chi connectivity index (χ3n) is 3.58. The van der Waals surface area contributed by atoms with Crippen molar-refractivity contribution in [2.75, 3.05) is 24.1 Å². The van der Waals surface area contributed by atoms with Gasteiger partial charge < -0.3 is 21.9 Å². The standard InChI is InChI=1S/C17H19N5O/c18-9-13(23)10-21-17-14-2-1-7-20-16(14)8-15(22-17)11-3-5-12(19)6-4-11/h1-8,13,23H,9-10,18-19H2,(H,21,22). The molecule has 6 heteroatoms. The van der Waals surface area contributed by atoms with E-state index in [2.05, 4.69) is 15.3 Å². The first-order valence-corrected chi connectivity index (χ1v) is 7.41. The lowest BCUT2D eigenvalue weighted by atomic mass is 10.1. The fraction of sp³-hybridized carbons (Fsp3) is 0.176. The zero-order valence-electron chi connectivity index (χ0n) is 12.6. The number of fused-ring (bicyclic) bond motifs is 1. The maximum atomic E-state index is 9.66. The molecule has 23 heavy (non-hydrogen) atoms. The second kappa shape index (κ2) is 6.60. The van der Waals surface area contributed by atoms with Gasteiger partial charge in [0.05, 0.1) is 17.3 Å². The Kier molecular flexibility index (Phi) is 4.36. The quantitative estimate of drug-likeness (QED) is 0.533. The highest BCUT2D eigenvalue weighted by atomic mass is 16.3. The van der Waals surface area contributed by atoms with E-state index in [0.29, 0.717) is 18.1 Å². The highest BCUT2D eigenvalue weighted by Gasteiger charge is 2.10. The number of aromatic nitrogens is 2. The lowest BCUT2D eigenvalue weighted by Crippen LogP contribution is -2.28. The van der Waals surface area contributed by atoms with Crippen molar-refractivity contribution in [3.63, 3.8) is 0 Å². The number of nitrogens with zero attached hydrogens (tertiary/aromatic N) is 2. The molecule has 0 spiro atoms. The van der Waals surface area contributed by atoms with Crippen LogP contribution in [0.25, 0.3) is 22.2 Å². The monoisotopic (exact) mass is 309 g/mol. The maximum absolute atomic E-state index is 9.66. The van der Waals surface area contributed by atoms with Crippen molar-refractivity contribution in [3.8, 4) is 11.3 Å². The molecule has 0 fully saturated rings. The predicted octanol–water partition coefficient (Wildman–Crippen LogP) is 1.61. The molecule has 1 atom stereocenters. The average Bonchev–Trinajstić information content (AvgIpc) is 2.59. The molecular weight excluding hydrogens is 290 g/mol. The van der Waals surface area contributed by atoms with Gasteiger partial charge in [0.25, 0.3) is 0 Å². The van der Waals surface area contributed by atoms with Crippen molar-refractivity contribution in [3.05, 3.63) is 48.7 Å². The van der Waals surface area contributed by atoms with Gasteiger partial charge >= 0.3 is 0 Å². The number of anilines is 2. The Morgan fingerprint density at radius 2 is 1.96 bits per heavy atom. The minimum absolute atomic E-state index is 0.195. The molecule has 0 saturated carbocycles. The molecule has 6 nitrogen and oxygen atoms in total. The van der Waals surface area contributed by atoms with Crippen LogP contribution in [0.15, 0.2) is 48.7 Å². The molecule has 3 rings (SSSR count). The van der Waals surface area contributed by atoms with Gasteiger partial charge in [-0.1, -0.05) is 12.1 Å². The Labute approximate surface area is 134 Å². The van der Waals surface area contributed by atoms with E-state index in [1.165, 1.54) is 0 Å². The van der Waals surface area contributed by atoms with Gasteiger partial charge in [-0.3, -0.25) is 4.98 Å². The third-order valence-corrected chi connectivity index (χ3v) is 3.58. The second-order valence-corrected chi connectivity index (χ2v) is 5.32. The van der Waals surface area contributed by atoms with Crippen molar-refractivity contribution >= 4 is 22.4 Å². The van der Waals surface area contributed by atoms with E-state index in [9.17, 15) is 5.11 Å². The van der Waals surface area contributed by atoms with Gasteiger partial charge in [0.15, 0.2) is 0 Å². The van der Waals surface area contributed by atoms with E-state index < -0.39 is 6.10 Å². The van der Waals surface area contributed by atoms with E-state index in [-0.39, 0.29) is 6.54 Å². The largest absolute Gasteiger partial charge is 0.399 e. The highest BCUT2D eigenvalue weighted by molar-refractivity contribution is 5.92. The molecule has 0 bridgehead atoms. The number of rotatable bonds is 5. The molecule has 0 aliphatic carbocycles. The highest BCUT2D eigenvalue weighted by Crippen LogP contribution is 2.27. The Morgan fingerprint density at radius 1 is 1.17 bits per heavy atom. The summed E-state index contributed by atoms with van der Waals surface area (Å²) in [6, 6.07) is 13.3. The van der Waals surface area contributed by atoms with Crippen LogP contribution < -0.4 is 16.8 Å². The van der Waals surface area contributed by atoms with Gasteiger partial charge in [0.2, 0.25) is 0 Å². The van der Waals surface area contributed by atoms with Crippen molar-refractivity contribution in [2.24, 2.45) is 5.73 Å². The van der Waals surface area contributed by atoms with Crippen molar-refractivity contribution in [1.82, 2.24) is 9.97 Å². The van der Waals surface area contributed by atoms with Crippen LogP contribution in [-0.2, 0) is 0 Å². The first kappa shape index (κ1) is 15.2. The molecule has 6 N–H and O–H groups in total. The minimum Gasteiger partial charge on any atom is -0.399 e. The molecule has 0 saturated heterocycles. The van der Waals surface area contributed by atoms with Crippen LogP contribution in [0.1, 0.15) is 0 Å². The van der Waals surface area contributed by atoms with Crippen LogP contribution in [0, 0.1) is 0 Å². The molecule has 0 aliphatic heterocycles. The summed E-state index contributed by atoms with van der Waals surface area (Å²) < 4.78 is 0. The summed E-state index contributed by atoms with van der Waals surface area (Å²) in [5, 5.41) is 13.7. The Hall–Kier alpha value is -2.70. The predicted molar refractivity (Wildman–Crippen MR) is 92.9 cm³/mol. The minimum atomic E-state index is -0.622. The summed E-state index contributed by atoms with van der Waals surface area (Å²) in [6.45, 7) is 0.527. The number of hydrogen-bond acceptors (Lipinski definition) is 6. The number of pyridine rings is 2. The van der Waals surface area contributed by atoms with Crippen molar-refractivity contribution in [1.29, 1.82) is 0 Å². The van der Waals surface area contributed by atoms with E-state index in [4.69, 9.17) is 11.5 Å². The number of aliphatic hydroxyl groups excluding tert-OH is 1. The van der Waals surface area contributed by atoms with Crippen LogP contribution >= 0.6 is 0 Å². The lowest BCUT2D eigenvalue weighted by molar-refractivity contribution is 0.196. The van der Waals surface area contributed by atoms with E-state index >= 15 is 0 Å². The Bertz CT molecular complexity index is 804. The first-order chi connectivity index (χ1) is 11.2. The van der Waals surface area contributed by atoms with Crippen LogP contribution in [0.3, 0.4) is 0 Å². The summed E-state index contributed by atoms with van der Waals surface area (Å²) in [5.41, 5.74) is 14.5. The summed E-state index contributed by atoms with van der Waals surface area (Å²) in [6.07, 6.45) is 1.12. The number of nitrogens with one attached hydrogen (secondary N) is 1. The molecule has 2 heterocycles. The maximum Gasteiger partial charge on any atom is 0.136 e. The molecule has 0 amide bonds. The fourth-order valence-electron chi connectivity index (χ4n) is 2.31. The van der Waals surface area contributed by atoms with E-state index in [0.717, 1.165) is 22.2 Å². The average molecular weight is 309 g/mol. The molecule has 2 aromatic heterocycles. The summed E-state index contributed by atoms with van der Waals surface area (Å²) >= 11 is 0. The zero-order chi connectivity index (χ0) is 16.2. The van der Waals surface area contributed by atoms with Gasteiger partial charge in [0, 0.05) is 35.9 Å². The van der Waals surface area contributed by atoms with E-state index in [1.807, 2.05) is 42.5 Å². The molecule has 118 valence electrons. The van der Waals surface area contributed by atoms with Crippen LogP contribution in [0.4, 0.5) is 11.5 Å². The molecule has 3 aromatic rings. The SMILES string of the molecule is NCC(O)CNc1nc(-c2ccc(N)cc2)cc2ncccc12. The van der Waals surface area contributed by atoms with E-state index in [1.54, 1.807) is 6.20 Å². The summed E-state index contributed by atoms with van der Waals surface area (Å²) in [7, 11) is 0.